The Morgan fingerprint density at radius 1 is 1.15 bits per heavy atom. The molecule has 9 nitrogen and oxygen atoms in total. The monoisotopic (exact) mass is 494 g/mol. The molecule has 0 saturated carbocycles. The fourth-order valence-corrected chi connectivity index (χ4v) is 4.62. The predicted octanol–water partition coefficient (Wildman–Crippen LogP) is 2.99. The highest BCUT2D eigenvalue weighted by Crippen LogP contribution is 2.18. The van der Waals surface area contributed by atoms with E-state index in [1.165, 1.54) is 4.57 Å². The maximum absolute atomic E-state index is 13.0. The van der Waals surface area contributed by atoms with E-state index in [4.69, 9.17) is 5.73 Å². The first-order chi connectivity index (χ1) is 16.5. The van der Waals surface area contributed by atoms with Crippen molar-refractivity contribution in [3.05, 3.63) is 90.5 Å². The number of anilines is 1. The van der Waals surface area contributed by atoms with Crippen molar-refractivity contribution in [3.63, 3.8) is 0 Å². The highest BCUT2D eigenvalue weighted by molar-refractivity contribution is 7.99. The summed E-state index contributed by atoms with van der Waals surface area (Å²) >= 11 is 2.69. The highest BCUT2D eigenvalue weighted by Gasteiger charge is 2.23. The molecule has 11 heteroatoms. The molecule has 4 rings (SSSR count). The van der Waals surface area contributed by atoms with Gasteiger partial charge in [0.15, 0.2) is 5.78 Å². The second-order valence-electron chi connectivity index (χ2n) is 7.23. The van der Waals surface area contributed by atoms with E-state index in [0.29, 0.717) is 11.0 Å². The number of benzene rings is 1. The number of carbonyl (C=O) groups excluding carboxylic acids is 1. The van der Waals surface area contributed by atoms with Crippen LogP contribution in [0.4, 0.5) is 5.82 Å². The van der Waals surface area contributed by atoms with Crippen molar-refractivity contribution in [1.82, 2.24) is 24.3 Å². The average Bonchev–Trinajstić information content (AvgIpc) is 3.52. The molecule has 3 N–H and O–H groups in total. The first kappa shape index (κ1) is 23.5. The van der Waals surface area contributed by atoms with Crippen LogP contribution < -0.4 is 17.0 Å². The number of ketones is 1. The number of thioether (sulfide) groups is 1. The lowest BCUT2D eigenvalue weighted by Gasteiger charge is -2.15. The lowest BCUT2D eigenvalue weighted by Crippen LogP contribution is -2.44. The molecule has 0 aliphatic carbocycles. The van der Waals surface area contributed by atoms with Gasteiger partial charge < -0.3 is 5.73 Å². The lowest BCUT2D eigenvalue weighted by atomic mass is 10.2. The van der Waals surface area contributed by atoms with Crippen LogP contribution in [0.2, 0.25) is 0 Å². The maximum atomic E-state index is 13.0. The molecule has 0 amide bonds. The summed E-state index contributed by atoms with van der Waals surface area (Å²) in [6, 6.07) is 13.2. The average molecular weight is 495 g/mol. The zero-order valence-electron chi connectivity index (χ0n) is 18.3. The Kier molecular flexibility index (Phi) is 7.24. The van der Waals surface area contributed by atoms with Gasteiger partial charge in [-0.15, -0.1) is 16.4 Å². The number of nitrogens with one attached hydrogen (secondary N) is 1. The number of nitrogens with zero attached hydrogens (tertiary/aromatic N) is 4. The molecule has 0 fully saturated rings. The van der Waals surface area contributed by atoms with Crippen molar-refractivity contribution >= 4 is 46.9 Å². The van der Waals surface area contributed by atoms with Gasteiger partial charge in [-0.1, -0.05) is 48.2 Å². The third-order valence-corrected chi connectivity index (χ3v) is 6.69. The molecule has 0 radical (unpaired) electrons. The zero-order valence-corrected chi connectivity index (χ0v) is 19.9. The Labute approximate surface area is 203 Å². The standard InChI is InChI=1S/C23H22N6O3S2/c1-2-28-21(31)19(20(24)29(23(28)32)13-15-7-4-3-5-8-15)17(30)14-34-22-25-18(26-27-22)11-10-16-9-6-12-33-16/h3-12H,2,13-14,24H2,1H3,(H,25,26,27)/b11-10+. The zero-order chi connectivity index (χ0) is 24.1. The van der Waals surface area contributed by atoms with Gasteiger partial charge in [0.05, 0.1) is 12.3 Å². The minimum Gasteiger partial charge on any atom is -0.384 e. The number of carbonyl (C=O) groups is 1. The van der Waals surface area contributed by atoms with Crippen LogP contribution in [-0.4, -0.2) is 35.9 Å². The Balaban J connectivity index is 1.55. The molecule has 0 saturated heterocycles. The predicted molar refractivity (Wildman–Crippen MR) is 135 cm³/mol. The number of H-pyrrole nitrogens is 1. The molecule has 3 heterocycles. The number of hydrogen-bond donors (Lipinski definition) is 2. The van der Waals surface area contributed by atoms with E-state index in [0.717, 1.165) is 26.8 Å². The molecule has 0 unspecified atom stereocenters. The molecular weight excluding hydrogens is 472 g/mol. The van der Waals surface area contributed by atoms with Gasteiger partial charge in [-0.3, -0.25) is 23.8 Å². The molecular formula is C23H22N6O3S2. The summed E-state index contributed by atoms with van der Waals surface area (Å²) in [6.45, 7) is 1.95. The summed E-state index contributed by atoms with van der Waals surface area (Å²) in [5, 5.41) is 9.26. The summed E-state index contributed by atoms with van der Waals surface area (Å²) in [5.41, 5.74) is 5.59. The first-order valence-corrected chi connectivity index (χ1v) is 12.3. The Morgan fingerprint density at radius 3 is 2.65 bits per heavy atom. The normalized spacial score (nSPS) is 11.3. The van der Waals surface area contributed by atoms with Crippen molar-refractivity contribution in [2.75, 3.05) is 11.5 Å². The van der Waals surface area contributed by atoms with E-state index in [2.05, 4.69) is 15.2 Å². The SMILES string of the molecule is CCn1c(=O)c(C(=O)CSc2n[nH]c(/C=C/c3cccs3)n2)c(N)n(Cc2ccccc2)c1=O. The largest absolute Gasteiger partial charge is 0.384 e. The van der Waals surface area contributed by atoms with E-state index >= 15 is 0 Å². The summed E-state index contributed by atoms with van der Waals surface area (Å²) in [5.74, 6) is -0.174. The molecule has 0 spiro atoms. The summed E-state index contributed by atoms with van der Waals surface area (Å²) in [7, 11) is 0. The molecule has 174 valence electrons. The number of Topliss-reactive ketones (excluding diaryl/α,β-unsaturated/α-hetero) is 1. The van der Waals surface area contributed by atoms with Gasteiger partial charge in [-0.2, -0.15) is 0 Å². The highest BCUT2D eigenvalue weighted by atomic mass is 32.2. The van der Waals surface area contributed by atoms with Crippen molar-refractivity contribution in [1.29, 1.82) is 0 Å². The van der Waals surface area contributed by atoms with Gasteiger partial charge in [-0.25, -0.2) is 9.78 Å². The fraction of sp³-hybridized carbons (Fsp3) is 0.174. The molecule has 0 bridgehead atoms. The molecule has 3 aromatic heterocycles. The van der Waals surface area contributed by atoms with E-state index in [1.807, 2.05) is 53.9 Å². The quantitative estimate of drug-likeness (QED) is 0.270. The topological polar surface area (TPSA) is 129 Å². The molecule has 4 aromatic rings. The second-order valence-corrected chi connectivity index (χ2v) is 9.15. The number of nitrogen functional groups attached to an aromatic ring is 1. The van der Waals surface area contributed by atoms with Crippen LogP contribution in [0.25, 0.3) is 12.2 Å². The van der Waals surface area contributed by atoms with Crippen LogP contribution in [0, 0.1) is 0 Å². The van der Waals surface area contributed by atoms with Crippen LogP contribution in [0.3, 0.4) is 0 Å². The third-order valence-electron chi connectivity index (χ3n) is 5.01. The summed E-state index contributed by atoms with van der Waals surface area (Å²) in [6.07, 6.45) is 3.71. The van der Waals surface area contributed by atoms with Gasteiger partial charge in [0.2, 0.25) is 5.16 Å². The molecule has 0 aliphatic heterocycles. The summed E-state index contributed by atoms with van der Waals surface area (Å²) < 4.78 is 2.29. The number of aromatic amines is 1. The van der Waals surface area contributed by atoms with Gasteiger partial charge in [0, 0.05) is 11.4 Å². The van der Waals surface area contributed by atoms with Crippen molar-refractivity contribution in [2.45, 2.75) is 25.2 Å². The molecule has 1 aromatic carbocycles. The number of hydrogen-bond acceptors (Lipinski definition) is 8. The molecule has 0 atom stereocenters. The van der Waals surface area contributed by atoms with Crippen molar-refractivity contribution in [3.8, 4) is 0 Å². The fourth-order valence-electron chi connectivity index (χ4n) is 3.32. The van der Waals surface area contributed by atoms with Crippen LogP contribution >= 0.6 is 23.1 Å². The first-order valence-electron chi connectivity index (χ1n) is 10.4. The maximum Gasteiger partial charge on any atom is 0.332 e. The van der Waals surface area contributed by atoms with E-state index in [-0.39, 0.29) is 30.2 Å². The Hall–Kier alpha value is -3.70. The van der Waals surface area contributed by atoms with Gasteiger partial charge >= 0.3 is 5.69 Å². The van der Waals surface area contributed by atoms with Crippen molar-refractivity contribution < 1.29 is 4.79 Å². The number of rotatable bonds is 9. The van der Waals surface area contributed by atoms with Crippen LogP contribution in [0.15, 0.2) is 62.6 Å². The Morgan fingerprint density at radius 2 is 1.94 bits per heavy atom. The lowest BCUT2D eigenvalue weighted by molar-refractivity contribution is 0.102. The van der Waals surface area contributed by atoms with Crippen LogP contribution in [0.1, 0.15) is 33.5 Å². The van der Waals surface area contributed by atoms with Crippen molar-refractivity contribution in [2.24, 2.45) is 0 Å². The Bertz CT molecular complexity index is 1440. The number of nitrogens with two attached hydrogens (primary N) is 1. The van der Waals surface area contributed by atoms with E-state index < -0.39 is 17.0 Å². The summed E-state index contributed by atoms with van der Waals surface area (Å²) in [4.78, 5) is 44.2. The van der Waals surface area contributed by atoms with Gasteiger partial charge in [-0.05, 0) is 36.1 Å². The molecule has 34 heavy (non-hydrogen) atoms. The van der Waals surface area contributed by atoms with Gasteiger partial charge in [0.1, 0.15) is 17.2 Å². The van der Waals surface area contributed by atoms with E-state index in [9.17, 15) is 14.4 Å². The minimum absolute atomic E-state index is 0.0986. The minimum atomic E-state index is -0.686. The van der Waals surface area contributed by atoms with Gasteiger partial charge in [0.25, 0.3) is 5.56 Å². The van der Waals surface area contributed by atoms with Crippen LogP contribution in [0.5, 0.6) is 0 Å². The second kappa shape index (κ2) is 10.5. The number of thiophene rings is 1. The number of aromatic nitrogens is 5. The third kappa shape index (κ3) is 5.10. The van der Waals surface area contributed by atoms with E-state index in [1.54, 1.807) is 24.3 Å². The molecule has 0 aliphatic rings. The smallest absolute Gasteiger partial charge is 0.332 e. The van der Waals surface area contributed by atoms with Crippen LogP contribution in [-0.2, 0) is 13.1 Å².